The second-order valence-corrected chi connectivity index (χ2v) is 7.81. The maximum Gasteiger partial charge on any atom is 0.338 e. The normalized spacial score (nSPS) is 11.3. The molecular weight excluding hydrogens is 378 g/mol. The molecule has 146 valence electrons. The molecule has 0 saturated carbocycles. The van der Waals surface area contributed by atoms with Gasteiger partial charge in [-0.3, -0.25) is 4.68 Å². The molecule has 0 radical (unpaired) electrons. The number of ether oxygens (including phenoxy) is 1. The summed E-state index contributed by atoms with van der Waals surface area (Å²) >= 11 is 0. The zero-order valence-electron chi connectivity index (χ0n) is 15.4. The topological polar surface area (TPSA) is 90.3 Å². The minimum Gasteiger partial charge on any atom is -0.462 e. The van der Waals surface area contributed by atoms with Crippen molar-refractivity contribution in [2.45, 2.75) is 24.9 Å². The van der Waals surface area contributed by atoms with Crippen molar-refractivity contribution in [3.63, 3.8) is 0 Å². The average Bonchev–Trinajstić information content (AvgIpc) is 3.21. The van der Waals surface area contributed by atoms with E-state index in [0.717, 1.165) is 11.1 Å². The quantitative estimate of drug-likeness (QED) is 0.588. The minimum atomic E-state index is -3.72. The summed E-state index contributed by atoms with van der Waals surface area (Å²) in [5.74, 6) is -0.480. The van der Waals surface area contributed by atoms with Crippen molar-refractivity contribution < 1.29 is 17.9 Å². The first-order valence-electron chi connectivity index (χ1n) is 8.80. The molecule has 2 aromatic carbocycles. The number of hydrogen-bond acceptors (Lipinski definition) is 5. The smallest absolute Gasteiger partial charge is 0.338 e. The van der Waals surface area contributed by atoms with Crippen molar-refractivity contribution in [1.29, 1.82) is 0 Å². The molecule has 0 fully saturated rings. The fraction of sp³-hybridized carbons (Fsp3) is 0.200. The van der Waals surface area contributed by atoms with Crippen LogP contribution in [0.1, 0.15) is 28.4 Å². The van der Waals surface area contributed by atoms with E-state index in [9.17, 15) is 13.2 Å². The minimum absolute atomic E-state index is 0.0881. The van der Waals surface area contributed by atoms with Gasteiger partial charge >= 0.3 is 5.97 Å². The summed E-state index contributed by atoms with van der Waals surface area (Å²) in [6.45, 7) is 2.68. The largest absolute Gasteiger partial charge is 0.462 e. The van der Waals surface area contributed by atoms with Crippen LogP contribution in [0.25, 0.3) is 0 Å². The molecule has 28 heavy (non-hydrogen) atoms. The lowest BCUT2D eigenvalue weighted by atomic mass is 10.1. The molecule has 0 atom stereocenters. The summed E-state index contributed by atoms with van der Waals surface area (Å²) in [6.07, 6.45) is 3.55. The Hall–Kier alpha value is -2.97. The van der Waals surface area contributed by atoms with Crippen LogP contribution >= 0.6 is 0 Å². The van der Waals surface area contributed by atoms with Crippen molar-refractivity contribution in [2.24, 2.45) is 0 Å². The summed E-state index contributed by atoms with van der Waals surface area (Å²) in [4.78, 5) is 11.8. The van der Waals surface area contributed by atoms with Crippen molar-refractivity contribution in [2.75, 3.05) is 6.61 Å². The molecule has 0 spiro atoms. The van der Waals surface area contributed by atoms with Crippen LogP contribution in [0.15, 0.2) is 71.9 Å². The van der Waals surface area contributed by atoms with Crippen molar-refractivity contribution >= 4 is 16.0 Å². The van der Waals surface area contributed by atoms with E-state index in [-0.39, 0.29) is 18.0 Å². The summed E-state index contributed by atoms with van der Waals surface area (Å²) in [5.41, 5.74) is 2.15. The van der Waals surface area contributed by atoms with E-state index < -0.39 is 16.0 Å². The maximum atomic E-state index is 12.6. The van der Waals surface area contributed by atoms with Gasteiger partial charge in [0.1, 0.15) is 0 Å². The Morgan fingerprint density at radius 1 is 1.07 bits per heavy atom. The van der Waals surface area contributed by atoms with Gasteiger partial charge in [0.05, 0.1) is 23.6 Å². The summed E-state index contributed by atoms with van der Waals surface area (Å²) in [5, 5.41) is 4.18. The molecule has 1 aromatic heterocycles. The van der Waals surface area contributed by atoms with Gasteiger partial charge in [0.2, 0.25) is 10.0 Å². The molecule has 1 N–H and O–H groups in total. The molecule has 0 aliphatic heterocycles. The Bertz CT molecular complexity index is 1030. The van der Waals surface area contributed by atoms with Gasteiger partial charge in [-0.15, -0.1) is 0 Å². The van der Waals surface area contributed by atoms with E-state index >= 15 is 0 Å². The zero-order valence-corrected chi connectivity index (χ0v) is 16.2. The third kappa shape index (κ3) is 4.85. The van der Waals surface area contributed by atoms with Crippen LogP contribution in [0.3, 0.4) is 0 Å². The highest BCUT2D eigenvalue weighted by atomic mass is 32.2. The summed E-state index contributed by atoms with van der Waals surface area (Å²) in [7, 11) is -3.72. The van der Waals surface area contributed by atoms with Gasteiger partial charge in [0.15, 0.2) is 0 Å². The first-order chi connectivity index (χ1) is 13.5. The number of nitrogens with one attached hydrogen (secondary N) is 1. The number of benzene rings is 2. The van der Waals surface area contributed by atoms with Gasteiger partial charge in [-0.05, 0) is 48.4 Å². The molecule has 0 unspecified atom stereocenters. The van der Waals surface area contributed by atoms with Crippen molar-refractivity contribution in [3.05, 3.63) is 83.7 Å². The predicted octanol–water partition coefficient (Wildman–Crippen LogP) is 2.59. The van der Waals surface area contributed by atoms with Crippen LogP contribution in [-0.4, -0.2) is 30.8 Å². The third-order valence-electron chi connectivity index (χ3n) is 4.14. The van der Waals surface area contributed by atoms with E-state index in [1.165, 1.54) is 24.3 Å². The fourth-order valence-electron chi connectivity index (χ4n) is 2.69. The maximum absolute atomic E-state index is 12.6. The molecule has 0 bridgehead atoms. The van der Waals surface area contributed by atoms with Crippen LogP contribution in [0.4, 0.5) is 0 Å². The molecule has 0 saturated heterocycles. The standard InChI is InChI=1S/C20H21N3O4S/c1-2-27-20(24)16-8-10-19(11-9-16)28(25,26)22-14-17-6-3-4-7-18(17)15-23-13-5-12-21-23/h3-13,22H,2,14-15H2,1H3. The van der Waals surface area contributed by atoms with Gasteiger partial charge in [-0.25, -0.2) is 17.9 Å². The van der Waals surface area contributed by atoms with E-state index in [1.807, 2.05) is 36.5 Å². The monoisotopic (exact) mass is 399 g/mol. The molecule has 7 nitrogen and oxygen atoms in total. The number of hydrogen-bond donors (Lipinski definition) is 1. The Balaban J connectivity index is 1.71. The number of rotatable bonds is 8. The van der Waals surface area contributed by atoms with Crippen molar-refractivity contribution in [1.82, 2.24) is 14.5 Å². The number of sulfonamides is 1. The van der Waals surface area contributed by atoms with E-state index in [1.54, 1.807) is 17.8 Å². The number of aromatic nitrogens is 2. The lowest BCUT2D eigenvalue weighted by Crippen LogP contribution is -2.24. The molecule has 0 aliphatic carbocycles. The average molecular weight is 399 g/mol. The highest BCUT2D eigenvalue weighted by Gasteiger charge is 2.16. The first kappa shape index (κ1) is 19.8. The molecule has 1 heterocycles. The Morgan fingerprint density at radius 2 is 1.79 bits per heavy atom. The Labute approximate surface area is 164 Å². The van der Waals surface area contributed by atoms with Gasteiger partial charge < -0.3 is 4.74 Å². The second-order valence-electron chi connectivity index (χ2n) is 6.04. The lowest BCUT2D eigenvalue weighted by Gasteiger charge is -2.12. The fourth-order valence-corrected chi connectivity index (χ4v) is 3.70. The van der Waals surface area contributed by atoms with Gasteiger partial charge in [-0.1, -0.05) is 24.3 Å². The van der Waals surface area contributed by atoms with Crippen LogP contribution in [0.2, 0.25) is 0 Å². The van der Waals surface area contributed by atoms with Gasteiger partial charge in [0, 0.05) is 18.9 Å². The number of carbonyl (C=O) groups is 1. The molecule has 8 heteroatoms. The molecule has 3 rings (SSSR count). The van der Waals surface area contributed by atoms with Crippen LogP contribution in [0.5, 0.6) is 0 Å². The molecule has 0 amide bonds. The van der Waals surface area contributed by atoms with Crippen LogP contribution in [0, 0.1) is 0 Å². The highest BCUT2D eigenvalue weighted by Crippen LogP contribution is 2.14. The number of carbonyl (C=O) groups excluding carboxylic acids is 1. The van der Waals surface area contributed by atoms with Gasteiger partial charge in [-0.2, -0.15) is 5.10 Å². The molecule has 0 aliphatic rings. The Morgan fingerprint density at radius 3 is 2.43 bits per heavy atom. The van der Waals surface area contributed by atoms with Crippen LogP contribution in [-0.2, 0) is 27.8 Å². The van der Waals surface area contributed by atoms with E-state index in [4.69, 9.17) is 4.74 Å². The van der Waals surface area contributed by atoms with Crippen molar-refractivity contribution in [3.8, 4) is 0 Å². The van der Waals surface area contributed by atoms with Crippen LogP contribution < -0.4 is 4.72 Å². The number of nitrogens with zero attached hydrogens (tertiary/aromatic N) is 2. The SMILES string of the molecule is CCOC(=O)c1ccc(S(=O)(=O)NCc2ccccc2Cn2cccn2)cc1. The van der Waals surface area contributed by atoms with E-state index in [0.29, 0.717) is 12.1 Å². The lowest BCUT2D eigenvalue weighted by molar-refractivity contribution is 0.0526. The zero-order chi connectivity index (χ0) is 20.0. The summed E-state index contributed by atoms with van der Waals surface area (Å²) < 4.78 is 34.5. The molecule has 3 aromatic rings. The first-order valence-corrected chi connectivity index (χ1v) is 10.3. The second kappa shape index (κ2) is 8.81. The molecular formula is C20H21N3O4S. The third-order valence-corrected chi connectivity index (χ3v) is 5.56. The Kier molecular flexibility index (Phi) is 6.23. The van der Waals surface area contributed by atoms with Gasteiger partial charge in [0.25, 0.3) is 0 Å². The van der Waals surface area contributed by atoms with E-state index in [2.05, 4.69) is 9.82 Å². The predicted molar refractivity (Wildman–Crippen MR) is 104 cm³/mol. The number of esters is 1. The summed E-state index contributed by atoms with van der Waals surface area (Å²) in [6, 6.07) is 15.1. The highest BCUT2D eigenvalue weighted by molar-refractivity contribution is 7.89.